The maximum Gasteiger partial charge on any atom is 0.142 e. The second kappa shape index (κ2) is 5.94. The fourth-order valence-electron chi connectivity index (χ4n) is 2.09. The van der Waals surface area contributed by atoms with Gasteiger partial charge in [-0.15, -0.1) is 11.6 Å². The van der Waals surface area contributed by atoms with Gasteiger partial charge in [0.1, 0.15) is 5.82 Å². The van der Waals surface area contributed by atoms with Crippen LogP contribution in [0.15, 0.2) is 36.4 Å². The number of alkyl halides is 1. The third kappa shape index (κ3) is 3.29. The first-order valence-corrected chi connectivity index (χ1v) is 6.94. The molecule has 0 saturated heterocycles. The van der Waals surface area contributed by atoms with E-state index in [9.17, 15) is 4.39 Å². The summed E-state index contributed by atoms with van der Waals surface area (Å²) in [7, 11) is 0. The maximum atomic E-state index is 13.4. The summed E-state index contributed by atoms with van der Waals surface area (Å²) in [6.45, 7) is 4.09. The predicted molar refractivity (Wildman–Crippen MR) is 79.6 cm³/mol. The van der Waals surface area contributed by atoms with Crippen LogP contribution in [0.1, 0.15) is 27.6 Å². The van der Waals surface area contributed by atoms with Gasteiger partial charge in [0, 0.05) is 0 Å². The third-order valence-corrected chi connectivity index (χ3v) is 4.01. The van der Waals surface area contributed by atoms with E-state index in [0.29, 0.717) is 12.0 Å². The van der Waals surface area contributed by atoms with Crippen molar-refractivity contribution in [3.8, 4) is 0 Å². The second-order valence-corrected chi connectivity index (χ2v) is 5.65. The lowest BCUT2D eigenvalue weighted by molar-refractivity contribution is 0.625. The molecule has 19 heavy (non-hydrogen) atoms. The Morgan fingerprint density at radius 1 is 1.16 bits per heavy atom. The van der Waals surface area contributed by atoms with Gasteiger partial charge in [-0.25, -0.2) is 4.39 Å². The summed E-state index contributed by atoms with van der Waals surface area (Å²) in [5.74, 6) is -0.425. The molecular formula is C16H15Cl2F. The molecule has 0 amide bonds. The molecule has 1 atom stereocenters. The molecule has 0 nitrogen and oxygen atoms in total. The molecule has 0 aliphatic heterocycles. The summed E-state index contributed by atoms with van der Waals surface area (Å²) < 4.78 is 13.4. The number of aryl methyl sites for hydroxylation is 2. The molecule has 2 aromatic carbocycles. The van der Waals surface area contributed by atoms with Gasteiger partial charge in [-0.3, -0.25) is 0 Å². The SMILES string of the molecule is Cc1ccc(C)c(CC(Cl)c2cccc(F)c2Cl)c1. The van der Waals surface area contributed by atoms with Crippen LogP contribution >= 0.6 is 23.2 Å². The Bertz CT molecular complexity index is 593. The minimum atomic E-state index is -0.425. The highest BCUT2D eigenvalue weighted by Crippen LogP contribution is 2.33. The fourth-order valence-corrected chi connectivity index (χ4v) is 2.75. The van der Waals surface area contributed by atoms with E-state index >= 15 is 0 Å². The van der Waals surface area contributed by atoms with Crippen LogP contribution in [-0.4, -0.2) is 0 Å². The molecule has 2 rings (SSSR count). The zero-order chi connectivity index (χ0) is 14.0. The van der Waals surface area contributed by atoms with Crippen molar-refractivity contribution in [1.82, 2.24) is 0 Å². The van der Waals surface area contributed by atoms with Crippen molar-refractivity contribution >= 4 is 23.2 Å². The Labute approximate surface area is 123 Å². The zero-order valence-electron chi connectivity index (χ0n) is 10.9. The van der Waals surface area contributed by atoms with Crippen LogP contribution in [0.2, 0.25) is 5.02 Å². The number of benzene rings is 2. The van der Waals surface area contributed by atoms with Crippen LogP contribution in [0.25, 0.3) is 0 Å². The summed E-state index contributed by atoms with van der Waals surface area (Å²) in [6.07, 6.45) is 0.637. The zero-order valence-corrected chi connectivity index (χ0v) is 12.4. The van der Waals surface area contributed by atoms with E-state index in [2.05, 4.69) is 18.2 Å². The predicted octanol–water partition coefficient (Wildman–Crippen LogP) is 5.62. The normalized spacial score (nSPS) is 12.5. The minimum Gasteiger partial charge on any atom is -0.205 e. The van der Waals surface area contributed by atoms with Gasteiger partial charge >= 0.3 is 0 Å². The maximum absolute atomic E-state index is 13.4. The van der Waals surface area contributed by atoms with Crippen LogP contribution in [0, 0.1) is 19.7 Å². The van der Waals surface area contributed by atoms with Gasteiger partial charge < -0.3 is 0 Å². The van der Waals surface area contributed by atoms with Crippen molar-refractivity contribution in [2.75, 3.05) is 0 Å². The van der Waals surface area contributed by atoms with E-state index in [4.69, 9.17) is 23.2 Å². The summed E-state index contributed by atoms with van der Waals surface area (Å²) in [6, 6.07) is 11.0. The summed E-state index contributed by atoms with van der Waals surface area (Å²) in [4.78, 5) is 0. The van der Waals surface area contributed by atoms with E-state index in [1.54, 1.807) is 12.1 Å². The monoisotopic (exact) mass is 296 g/mol. The van der Waals surface area contributed by atoms with Gasteiger partial charge in [0.25, 0.3) is 0 Å². The standard InChI is InChI=1S/C16H15Cl2F/c1-10-6-7-11(2)12(8-10)9-14(17)13-4-3-5-15(19)16(13)18/h3-8,14H,9H2,1-2H3. The number of halogens is 3. The molecule has 0 fully saturated rings. The van der Waals surface area contributed by atoms with Crippen molar-refractivity contribution in [3.05, 3.63) is 69.5 Å². The Morgan fingerprint density at radius 3 is 2.63 bits per heavy atom. The molecule has 0 bridgehead atoms. The summed E-state index contributed by atoms with van der Waals surface area (Å²) in [5.41, 5.74) is 4.18. The lowest BCUT2D eigenvalue weighted by Gasteiger charge is -2.14. The average molecular weight is 297 g/mol. The lowest BCUT2D eigenvalue weighted by Crippen LogP contribution is -2.00. The van der Waals surface area contributed by atoms with Gasteiger partial charge in [0.2, 0.25) is 0 Å². The molecule has 0 aliphatic rings. The first-order chi connectivity index (χ1) is 8.99. The Balaban J connectivity index is 2.28. The average Bonchev–Trinajstić information content (AvgIpc) is 2.37. The molecule has 2 aromatic rings. The smallest absolute Gasteiger partial charge is 0.142 e. The summed E-state index contributed by atoms with van der Waals surface area (Å²) in [5, 5.41) is -0.212. The number of hydrogen-bond donors (Lipinski definition) is 0. The highest BCUT2D eigenvalue weighted by atomic mass is 35.5. The third-order valence-electron chi connectivity index (χ3n) is 3.22. The minimum absolute atomic E-state index is 0.118. The molecule has 0 aliphatic carbocycles. The van der Waals surface area contributed by atoms with E-state index < -0.39 is 5.82 Å². The van der Waals surface area contributed by atoms with Gasteiger partial charge in [-0.05, 0) is 43.0 Å². The molecule has 0 radical (unpaired) electrons. The first-order valence-electron chi connectivity index (χ1n) is 6.13. The molecule has 0 aromatic heterocycles. The Morgan fingerprint density at radius 2 is 1.89 bits per heavy atom. The van der Waals surface area contributed by atoms with Crippen LogP contribution in [0.3, 0.4) is 0 Å². The van der Waals surface area contributed by atoms with E-state index in [1.807, 2.05) is 13.8 Å². The Kier molecular flexibility index (Phi) is 4.49. The van der Waals surface area contributed by atoms with Crippen LogP contribution in [0.4, 0.5) is 4.39 Å². The van der Waals surface area contributed by atoms with Crippen molar-refractivity contribution in [2.45, 2.75) is 25.6 Å². The first kappa shape index (κ1) is 14.4. The Hall–Kier alpha value is -1.05. The number of rotatable bonds is 3. The van der Waals surface area contributed by atoms with Gasteiger partial charge in [0.15, 0.2) is 0 Å². The molecule has 3 heteroatoms. The van der Waals surface area contributed by atoms with Crippen molar-refractivity contribution < 1.29 is 4.39 Å². The van der Waals surface area contributed by atoms with Crippen LogP contribution in [-0.2, 0) is 6.42 Å². The van der Waals surface area contributed by atoms with E-state index in [-0.39, 0.29) is 10.4 Å². The summed E-state index contributed by atoms with van der Waals surface area (Å²) >= 11 is 12.4. The molecule has 0 heterocycles. The fraction of sp³-hybridized carbons (Fsp3) is 0.250. The molecule has 100 valence electrons. The lowest BCUT2D eigenvalue weighted by atomic mass is 9.98. The van der Waals surface area contributed by atoms with Crippen molar-refractivity contribution in [2.24, 2.45) is 0 Å². The van der Waals surface area contributed by atoms with Gasteiger partial charge in [0.05, 0.1) is 10.4 Å². The topological polar surface area (TPSA) is 0 Å². The molecule has 0 saturated carbocycles. The number of hydrogen-bond acceptors (Lipinski definition) is 0. The van der Waals surface area contributed by atoms with Crippen molar-refractivity contribution in [1.29, 1.82) is 0 Å². The van der Waals surface area contributed by atoms with E-state index in [1.165, 1.54) is 22.8 Å². The highest BCUT2D eigenvalue weighted by Gasteiger charge is 2.16. The molecule has 0 N–H and O–H groups in total. The highest BCUT2D eigenvalue weighted by molar-refractivity contribution is 6.33. The molecule has 1 unspecified atom stereocenters. The van der Waals surface area contributed by atoms with Crippen LogP contribution in [0.5, 0.6) is 0 Å². The van der Waals surface area contributed by atoms with Crippen LogP contribution < -0.4 is 0 Å². The second-order valence-electron chi connectivity index (χ2n) is 4.74. The van der Waals surface area contributed by atoms with E-state index in [0.717, 1.165) is 0 Å². The largest absolute Gasteiger partial charge is 0.205 e. The molecule has 0 spiro atoms. The quantitative estimate of drug-likeness (QED) is 0.645. The van der Waals surface area contributed by atoms with Gasteiger partial charge in [-0.1, -0.05) is 47.5 Å². The molecular weight excluding hydrogens is 282 g/mol. The van der Waals surface area contributed by atoms with Gasteiger partial charge in [-0.2, -0.15) is 0 Å². The van der Waals surface area contributed by atoms with Crippen molar-refractivity contribution in [3.63, 3.8) is 0 Å².